The number of rotatable bonds is 6. The monoisotopic (exact) mass is 419 g/mol. The maximum atomic E-state index is 12.8. The van der Waals surface area contributed by atoms with Gasteiger partial charge >= 0.3 is 0 Å². The number of hydrogen-bond acceptors (Lipinski definition) is 5. The number of carbonyl (C=O) groups excluding carboxylic acids is 1. The summed E-state index contributed by atoms with van der Waals surface area (Å²) in [4.78, 5) is 18.1. The average Bonchev–Trinajstić information content (AvgIpc) is 3.40. The van der Waals surface area contributed by atoms with Crippen LogP contribution in [-0.2, 0) is 4.84 Å². The van der Waals surface area contributed by atoms with Crippen molar-refractivity contribution in [2.24, 2.45) is 5.92 Å². The van der Waals surface area contributed by atoms with Crippen LogP contribution in [0.2, 0.25) is 10.0 Å². The number of benzene rings is 1. The van der Waals surface area contributed by atoms with E-state index in [0.717, 1.165) is 18.4 Å². The van der Waals surface area contributed by atoms with E-state index in [4.69, 9.17) is 28.0 Å². The summed E-state index contributed by atoms with van der Waals surface area (Å²) in [6.07, 6.45) is 3.90. The number of amides is 1. The lowest BCUT2D eigenvalue weighted by atomic mass is 10.2. The van der Waals surface area contributed by atoms with Crippen molar-refractivity contribution in [1.82, 2.24) is 20.1 Å². The van der Waals surface area contributed by atoms with Crippen LogP contribution < -0.4 is 10.8 Å². The predicted molar refractivity (Wildman–Crippen MR) is 108 cm³/mol. The lowest BCUT2D eigenvalue weighted by Gasteiger charge is -2.16. The Bertz CT molecular complexity index is 1060. The molecule has 1 aliphatic rings. The van der Waals surface area contributed by atoms with E-state index in [2.05, 4.69) is 21.0 Å². The van der Waals surface area contributed by atoms with Crippen LogP contribution in [0, 0.1) is 19.8 Å². The van der Waals surface area contributed by atoms with Crippen molar-refractivity contribution < 1.29 is 9.63 Å². The number of hydrogen-bond donors (Lipinski definition) is 2. The van der Waals surface area contributed by atoms with Gasteiger partial charge in [-0.2, -0.15) is 0 Å². The van der Waals surface area contributed by atoms with Gasteiger partial charge in [0.05, 0.1) is 28.6 Å². The Kier molecular flexibility index (Phi) is 5.14. The largest absolute Gasteiger partial charge is 0.352 e. The normalized spacial score (nSPS) is 13.7. The Hall–Kier alpha value is -2.35. The van der Waals surface area contributed by atoms with Gasteiger partial charge in [0, 0.05) is 6.20 Å². The van der Waals surface area contributed by atoms with Crippen molar-refractivity contribution in [2.75, 3.05) is 11.9 Å². The highest BCUT2D eigenvalue weighted by atomic mass is 35.5. The van der Waals surface area contributed by atoms with E-state index in [1.807, 2.05) is 25.1 Å². The molecule has 2 heterocycles. The van der Waals surface area contributed by atoms with Crippen LogP contribution in [0.5, 0.6) is 0 Å². The molecule has 2 N–H and O–H groups in total. The first-order valence-corrected chi connectivity index (χ1v) is 9.68. The smallest absolute Gasteiger partial charge is 0.278 e. The Morgan fingerprint density at radius 1 is 1.29 bits per heavy atom. The lowest BCUT2D eigenvalue weighted by molar-refractivity contribution is 0.0270. The standard InChI is InChI=1S/C19H19Cl2N5O2/c1-10-3-6-15(14(20)7-10)22-17-13(19(27)25-28-9-12-4-5-12)8-26-11(2)23-24-18(26)16(17)21/h3,6-8,12,22H,4-5,9H2,1-2H3,(H,25,27). The van der Waals surface area contributed by atoms with Crippen molar-refractivity contribution in [3.05, 3.63) is 51.4 Å². The third kappa shape index (κ3) is 3.78. The minimum absolute atomic E-state index is 0.270. The number of halogens is 2. The second kappa shape index (κ2) is 7.58. The summed E-state index contributed by atoms with van der Waals surface area (Å²) >= 11 is 12.9. The van der Waals surface area contributed by atoms with Gasteiger partial charge in [-0.3, -0.25) is 14.0 Å². The number of carbonyl (C=O) groups is 1. The van der Waals surface area contributed by atoms with E-state index in [1.165, 1.54) is 0 Å². The molecule has 0 bridgehead atoms. The molecule has 0 radical (unpaired) electrons. The molecule has 1 aromatic carbocycles. The first kappa shape index (κ1) is 19.0. The van der Waals surface area contributed by atoms with Crippen LogP contribution in [0.25, 0.3) is 5.65 Å². The minimum atomic E-state index is -0.414. The SMILES string of the molecule is Cc1ccc(Nc2c(C(=O)NOCC3CC3)cn3c(C)nnc3c2Cl)c(Cl)c1. The highest BCUT2D eigenvalue weighted by Crippen LogP contribution is 2.35. The molecular formula is C19H19Cl2N5O2. The van der Waals surface area contributed by atoms with Crippen LogP contribution in [0.3, 0.4) is 0 Å². The van der Waals surface area contributed by atoms with Gasteiger partial charge in [-0.25, -0.2) is 5.48 Å². The number of pyridine rings is 1. The molecule has 4 rings (SSSR count). The fraction of sp³-hybridized carbons (Fsp3) is 0.316. The van der Waals surface area contributed by atoms with E-state index in [0.29, 0.717) is 46.0 Å². The zero-order chi connectivity index (χ0) is 19.8. The zero-order valence-corrected chi connectivity index (χ0v) is 16.9. The van der Waals surface area contributed by atoms with Gasteiger partial charge in [-0.05, 0) is 50.3 Å². The summed E-state index contributed by atoms with van der Waals surface area (Å²) in [5.74, 6) is 0.725. The second-order valence-electron chi connectivity index (χ2n) is 6.97. The second-order valence-corrected chi connectivity index (χ2v) is 7.75. The maximum Gasteiger partial charge on any atom is 0.278 e. The van der Waals surface area contributed by atoms with Crippen molar-refractivity contribution in [2.45, 2.75) is 26.7 Å². The maximum absolute atomic E-state index is 12.8. The Balaban J connectivity index is 1.73. The van der Waals surface area contributed by atoms with Gasteiger partial charge in [0.2, 0.25) is 0 Å². The third-order valence-electron chi connectivity index (χ3n) is 4.62. The summed E-state index contributed by atoms with van der Waals surface area (Å²) < 4.78 is 1.67. The Morgan fingerprint density at radius 2 is 2.07 bits per heavy atom. The topological polar surface area (TPSA) is 80.5 Å². The summed E-state index contributed by atoms with van der Waals surface area (Å²) in [6.45, 7) is 4.23. The number of anilines is 2. The van der Waals surface area contributed by atoms with Gasteiger partial charge in [-0.15, -0.1) is 10.2 Å². The molecule has 2 aromatic heterocycles. The highest BCUT2D eigenvalue weighted by Gasteiger charge is 2.24. The molecule has 0 atom stereocenters. The van der Waals surface area contributed by atoms with Crippen LogP contribution in [0.15, 0.2) is 24.4 Å². The molecule has 1 amide bonds. The Labute approximate surface area is 171 Å². The molecule has 146 valence electrons. The minimum Gasteiger partial charge on any atom is -0.352 e. The van der Waals surface area contributed by atoms with Gasteiger partial charge in [0.25, 0.3) is 5.91 Å². The van der Waals surface area contributed by atoms with E-state index < -0.39 is 5.91 Å². The van der Waals surface area contributed by atoms with E-state index >= 15 is 0 Å². The lowest BCUT2D eigenvalue weighted by Crippen LogP contribution is -2.26. The molecule has 28 heavy (non-hydrogen) atoms. The summed E-state index contributed by atoms with van der Waals surface area (Å²) in [6, 6.07) is 5.58. The average molecular weight is 420 g/mol. The number of fused-ring (bicyclic) bond motifs is 1. The quantitative estimate of drug-likeness (QED) is 0.576. The first-order valence-electron chi connectivity index (χ1n) is 8.93. The van der Waals surface area contributed by atoms with Gasteiger partial charge in [0.15, 0.2) is 5.65 Å². The van der Waals surface area contributed by atoms with E-state index in [1.54, 1.807) is 17.5 Å². The van der Waals surface area contributed by atoms with Crippen molar-refractivity contribution in [3.63, 3.8) is 0 Å². The van der Waals surface area contributed by atoms with Crippen LogP contribution in [-0.4, -0.2) is 27.1 Å². The van der Waals surface area contributed by atoms with Gasteiger partial charge in [-0.1, -0.05) is 29.3 Å². The molecule has 0 spiro atoms. The van der Waals surface area contributed by atoms with Crippen LogP contribution in [0.1, 0.15) is 34.6 Å². The van der Waals surface area contributed by atoms with E-state index in [-0.39, 0.29) is 5.02 Å². The predicted octanol–water partition coefficient (Wildman–Crippen LogP) is 4.47. The summed E-state index contributed by atoms with van der Waals surface area (Å²) in [5, 5.41) is 12.1. The number of nitrogens with one attached hydrogen (secondary N) is 2. The van der Waals surface area contributed by atoms with Crippen molar-refractivity contribution in [3.8, 4) is 0 Å². The molecule has 0 saturated heterocycles. The zero-order valence-electron chi connectivity index (χ0n) is 15.4. The summed E-state index contributed by atoms with van der Waals surface area (Å²) in [7, 11) is 0. The van der Waals surface area contributed by atoms with Crippen molar-refractivity contribution >= 4 is 46.1 Å². The first-order chi connectivity index (χ1) is 13.4. The molecule has 7 nitrogen and oxygen atoms in total. The Morgan fingerprint density at radius 3 is 2.79 bits per heavy atom. The molecular weight excluding hydrogens is 401 g/mol. The fourth-order valence-electron chi connectivity index (χ4n) is 2.81. The number of aromatic nitrogens is 3. The molecule has 0 aliphatic heterocycles. The van der Waals surface area contributed by atoms with Gasteiger partial charge in [0.1, 0.15) is 10.8 Å². The molecule has 1 saturated carbocycles. The summed E-state index contributed by atoms with van der Waals surface area (Å²) in [5.41, 5.74) is 5.28. The van der Waals surface area contributed by atoms with E-state index in [9.17, 15) is 4.79 Å². The molecule has 3 aromatic rings. The molecule has 0 unspecified atom stereocenters. The van der Waals surface area contributed by atoms with Crippen LogP contribution >= 0.6 is 23.2 Å². The number of hydroxylamine groups is 1. The van der Waals surface area contributed by atoms with Crippen molar-refractivity contribution in [1.29, 1.82) is 0 Å². The number of aryl methyl sites for hydroxylation is 2. The molecule has 9 heteroatoms. The third-order valence-corrected chi connectivity index (χ3v) is 5.29. The number of nitrogens with zero attached hydrogens (tertiary/aromatic N) is 3. The fourth-order valence-corrected chi connectivity index (χ4v) is 3.37. The molecule has 1 fully saturated rings. The van der Waals surface area contributed by atoms with Gasteiger partial charge < -0.3 is 5.32 Å². The van der Waals surface area contributed by atoms with Crippen LogP contribution in [0.4, 0.5) is 11.4 Å². The molecule has 1 aliphatic carbocycles. The highest BCUT2D eigenvalue weighted by molar-refractivity contribution is 6.37.